The fourth-order valence-electron chi connectivity index (χ4n) is 3.66. The first kappa shape index (κ1) is 23.3. The number of hydrogen-bond donors (Lipinski definition) is 2. The van der Waals surface area contributed by atoms with Crippen molar-refractivity contribution in [2.24, 2.45) is 5.73 Å². The topological polar surface area (TPSA) is 111 Å². The molecular weight excluding hydrogens is 453 g/mol. The van der Waals surface area contributed by atoms with E-state index in [9.17, 15) is 22.8 Å². The number of anilines is 1. The second kappa shape index (κ2) is 9.56. The summed E-state index contributed by atoms with van der Waals surface area (Å²) in [7, 11) is 0. The molecule has 178 valence electrons. The highest BCUT2D eigenvalue weighted by atomic mass is 19.4. The van der Waals surface area contributed by atoms with Crippen LogP contribution in [0.3, 0.4) is 0 Å². The lowest BCUT2D eigenvalue weighted by Gasteiger charge is -2.29. The molecule has 0 aliphatic carbocycles. The number of morpholine rings is 1. The van der Waals surface area contributed by atoms with Crippen LogP contribution in [-0.4, -0.2) is 42.2 Å². The van der Waals surface area contributed by atoms with E-state index >= 15 is 0 Å². The highest BCUT2D eigenvalue weighted by molar-refractivity contribution is 5.94. The summed E-state index contributed by atoms with van der Waals surface area (Å²) in [6, 6.07) is 10.4. The van der Waals surface area contributed by atoms with Gasteiger partial charge in [0.15, 0.2) is 0 Å². The molecule has 8 nitrogen and oxygen atoms in total. The van der Waals surface area contributed by atoms with Gasteiger partial charge in [0.2, 0.25) is 0 Å². The van der Waals surface area contributed by atoms with Gasteiger partial charge < -0.3 is 25.1 Å². The third kappa shape index (κ3) is 5.04. The maximum absolute atomic E-state index is 13.5. The highest BCUT2D eigenvalue weighted by Crippen LogP contribution is 2.36. The molecule has 1 fully saturated rings. The molecule has 3 aromatic rings. The van der Waals surface area contributed by atoms with Gasteiger partial charge in [-0.2, -0.15) is 13.2 Å². The van der Waals surface area contributed by atoms with Crippen molar-refractivity contribution in [2.45, 2.75) is 12.8 Å². The molecule has 4 rings (SSSR count). The largest absolute Gasteiger partial charge is 0.489 e. The maximum atomic E-state index is 13.5. The number of carbonyl (C=O) groups excluding carboxylic acids is 1. The van der Waals surface area contributed by atoms with Gasteiger partial charge in [-0.25, -0.2) is 4.98 Å². The quantitative estimate of drug-likeness (QED) is 0.569. The number of aromatic nitrogens is 2. The van der Waals surface area contributed by atoms with Gasteiger partial charge in [-0.3, -0.25) is 9.59 Å². The zero-order valence-electron chi connectivity index (χ0n) is 17.9. The second-order valence-electron chi connectivity index (χ2n) is 7.56. The third-order valence-electron chi connectivity index (χ3n) is 5.33. The molecule has 1 amide bonds. The van der Waals surface area contributed by atoms with E-state index in [-0.39, 0.29) is 17.7 Å². The molecule has 11 heteroatoms. The molecule has 1 aliphatic rings. The van der Waals surface area contributed by atoms with Gasteiger partial charge in [0, 0.05) is 30.4 Å². The lowest BCUT2D eigenvalue weighted by atomic mass is 10.0. The maximum Gasteiger partial charge on any atom is 0.431 e. The van der Waals surface area contributed by atoms with E-state index in [1.54, 1.807) is 17.2 Å². The Kier molecular flexibility index (Phi) is 6.55. The number of pyridine rings is 2. The molecule has 0 atom stereocenters. The monoisotopic (exact) mass is 474 g/mol. The first-order valence-corrected chi connectivity index (χ1v) is 10.4. The number of H-pyrrole nitrogens is 1. The number of ether oxygens (including phenoxy) is 2. The average Bonchev–Trinajstić information content (AvgIpc) is 2.83. The SMILES string of the molecule is NC(=O)c1cc(-c2ccc(OCc3cccnc3N3CCOCC3)cc2)c(C(F)(F)F)[nH]c1=O. The summed E-state index contributed by atoms with van der Waals surface area (Å²) in [4.78, 5) is 31.6. The molecule has 1 saturated heterocycles. The highest BCUT2D eigenvalue weighted by Gasteiger charge is 2.36. The Morgan fingerprint density at radius 3 is 2.53 bits per heavy atom. The molecule has 3 N–H and O–H groups in total. The summed E-state index contributed by atoms with van der Waals surface area (Å²) < 4.78 is 51.7. The summed E-state index contributed by atoms with van der Waals surface area (Å²) in [5.74, 6) is 0.0989. The van der Waals surface area contributed by atoms with E-state index < -0.39 is 28.9 Å². The lowest BCUT2D eigenvalue weighted by Crippen LogP contribution is -2.37. The Hall–Kier alpha value is -3.86. The predicted octanol–water partition coefficient (Wildman–Crippen LogP) is 2.97. The number of benzene rings is 1. The van der Waals surface area contributed by atoms with Crippen molar-refractivity contribution < 1.29 is 27.4 Å². The van der Waals surface area contributed by atoms with Crippen molar-refractivity contribution >= 4 is 11.7 Å². The number of hydrogen-bond acceptors (Lipinski definition) is 6. The number of aromatic amines is 1. The van der Waals surface area contributed by atoms with E-state index in [1.807, 2.05) is 6.07 Å². The van der Waals surface area contributed by atoms with Crippen molar-refractivity contribution in [3.63, 3.8) is 0 Å². The Labute approximate surface area is 192 Å². The fraction of sp³-hybridized carbons (Fsp3) is 0.261. The number of amides is 1. The molecule has 0 unspecified atom stereocenters. The molecule has 0 bridgehead atoms. The number of alkyl halides is 3. The molecule has 0 radical (unpaired) electrons. The Morgan fingerprint density at radius 1 is 1.18 bits per heavy atom. The van der Waals surface area contributed by atoms with E-state index in [2.05, 4.69) is 9.88 Å². The smallest absolute Gasteiger partial charge is 0.431 e. The minimum atomic E-state index is -4.84. The molecule has 34 heavy (non-hydrogen) atoms. The number of nitrogens with two attached hydrogens (primary N) is 1. The Balaban J connectivity index is 1.57. The summed E-state index contributed by atoms with van der Waals surface area (Å²) >= 11 is 0. The number of halogens is 3. The summed E-state index contributed by atoms with van der Waals surface area (Å²) in [6.07, 6.45) is -3.14. The minimum Gasteiger partial charge on any atom is -0.489 e. The van der Waals surface area contributed by atoms with Crippen LogP contribution in [0.4, 0.5) is 19.0 Å². The van der Waals surface area contributed by atoms with Gasteiger partial charge in [0.25, 0.3) is 11.5 Å². The molecule has 1 aliphatic heterocycles. The summed E-state index contributed by atoms with van der Waals surface area (Å²) in [5, 5.41) is 0. The molecule has 0 spiro atoms. The van der Waals surface area contributed by atoms with E-state index in [0.717, 1.165) is 17.4 Å². The van der Waals surface area contributed by atoms with Gasteiger partial charge in [-0.15, -0.1) is 0 Å². The van der Waals surface area contributed by atoms with Crippen LogP contribution in [0.1, 0.15) is 21.6 Å². The van der Waals surface area contributed by atoms with Crippen LogP contribution in [0.2, 0.25) is 0 Å². The first-order chi connectivity index (χ1) is 16.2. The normalized spacial score (nSPS) is 14.1. The number of carbonyl (C=O) groups is 1. The third-order valence-corrected chi connectivity index (χ3v) is 5.33. The van der Waals surface area contributed by atoms with Crippen molar-refractivity contribution in [3.05, 3.63) is 75.8 Å². The fourth-order valence-corrected chi connectivity index (χ4v) is 3.66. The van der Waals surface area contributed by atoms with E-state index in [0.29, 0.717) is 32.1 Å². The van der Waals surface area contributed by atoms with E-state index in [1.165, 1.54) is 24.3 Å². The zero-order chi connectivity index (χ0) is 24.3. The average molecular weight is 474 g/mol. The number of primary amides is 1. The number of nitrogens with zero attached hydrogens (tertiary/aromatic N) is 2. The predicted molar refractivity (Wildman–Crippen MR) is 118 cm³/mol. The van der Waals surface area contributed by atoms with E-state index in [4.69, 9.17) is 15.2 Å². The van der Waals surface area contributed by atoms with Crippen molar-refractivity contribution in [2.75, 3.05) is 31.2 Å². The summed E-state index contributed by atoms with van der Waals surface area (Å²) in [6.45, 7) is 2.86. The van der Waals surface area contributed by atoms with Gasteiger partial charge >= 0.3 is 6.18 Å². The first-order valence-electron chi connectivity index (χ1n) is 10.4. The Bertz CT molecular complexity index is 1240. The number of rotatable bonds is 6. The van der Waals surface area contributed by atoms with Gasteiger partial charge in [0.05, 0.1) is 13.2 Å². The second-order valence-corrected chi connectivity index (χ2v) is 7.56. The van der Waals surface area contributed by atoms with Crippen molar-refractivity contribution in [1.29, 1.82) is 0 Å². The van der Waals surface area contributed by atoms with Crippen LogP contribution in [0.25, 0.3) is 11.1 Å². The molecule has 1 aromatic carbocycles. The van der Waals surface area contributed by atoms with Crippen LogP contribution >= 0.6 is 0 Å². The van der Waals surface area contributed by atoms with Crippen LogP contribution < -0.4 is 20.9 Å². The molecule has 0 saturated carbocycles. The zero-order valence-corrected chi connectivity index (χ0v) is 17.9. The van der Waals surface area contributed by atoms with Gasteiger partial charge in [-0.05, 0) is 29.8 Å². The Morgan fingerprint density at radius 2 is 1.88 bits per heavy atom. The van der Waals surface area contributed by atoms with Gasteiger partial charge in [0.1, 0.15) is 29.4 Å². The summed E-state index contributed by atoms with van der Waals surface area (Å²) in [5.41, 5.74) is 2.74. The van der Waals surface area contributed by atoms with Crippen LogP contribution in [-0.2, 0) is 17.5 Å². The molecular formula is C23H21F3N4O4. The van der Waals surface area contributed by atoms with Crippen molar-refractivity contribution in [1.82, 2.24) is 9.97 Å². The standard InChI is InChI=1S/C23H21F3N4O4/c24-23(25,26)19-17(12-18(20(27)31)22(32)29-19)14-3-5-16(6-4-14)34-13-15-2-1-7-28-21(15)30-8-10-33-11-9-30/h1-7,12H,8-11,13H2,(H2,27,31)(H,29,32). The number of nitrogens with one attached hydrogen (secondary N) is 1. The molecule has 2 aromatic heterocycles. The van der Waals surface area contributed by atoms with Gasteiger partial charge in [-0.1, -0.05) is 18.2 Å². The lowest BCUT2D eigenvalue weighted by molar-refractivity contribution is -0.140. The minimum absolute atomic E-state index is 0.133. The van der Waals surface area contributed by atoms with Crippen LogP contribution in [0, 0.1) is 0 Å². The molecule has 3 heterocycles. The van der Waals surface area contributed by atoms with Crippen molar-refractivity contribution in [3.8, 4) is 16.9 Å². The van der Waals surface area contributed by atoms with Crippen LogP contribution in [0.5, 0.6) is 5.75 Å². The van der Waals surface area contributed by atoms with Crippen LogP contribution in [0.15, 0.2) is 53.5 Å².